The molecule has 1 amide bonds. The summed E-state index contributed by atoms with van der Waals surface area (Å²) < 4.78 is 16.3. The summed E-state index contributed by atoms with van der Waals surface area (Å²) in [4.78, 5) is 12.4. The van der Waals surface area contributed by atoms with Crippen molar-refractivity contribution in [2.75, 3.05) is 12.3 Å². The maximum Gasteiger partial charge on any atom is 0.230 e. The van der Waals surface area contributed by atoms with E-state index in [2.05, 4.69) is 15.5 Å². The summed E-state index contributed by atoms with van der Waals surface area (Å²) >= 11 is 1.30. The molecule has 0 aliphatic carbocycles. The molecule has 1 N–H and O–H groups in total. The summed E-state index contributed by atoms with van der Waals surface area (Å²) in [6, 6.07) is 26.4. The molecule has 5 nitrogen and oxygen atoms in total. The van der Waals surface area contributed by atoms with Gasteiger partial charge in [-0.15, -0.1) is 10.2 Å². The largest absolute Gasteiger partial charge is 0.355 e. The first-order chi connectivity index (χ1) is 15.7. The summed E-state index contributed by atoms with van der Waals surface area (Å²) in [5.41, 5.74) is 2.60. The quantitative estimate of drug-likeness (QED) is 0.382. The lowest BCUT2D eigenvalue weighted by atomic mass is 10.1. The monoisotopic (exact) mass is 446 g/mol. The highest BCUT2D eigenvalue weighted by Crippen LogP contribution is 2.26. The fraction of sp³-hybridized carbons (Fsp3) is 0.160. The zero-order valence-electron chi connectivity index (χ0n) is 17.4. The van der Waals surface area contributed by atoms with Crippen LogP contribution < -0.4 is 5.32 Å². The van der Waals surface area contributed by atoms with Crippen molar-refractivity contribution in [3.8, 4) is 11.4 Å². The fourth-order valence-corrected chi connectivity index (χ4v) is 4.09. The van der Waals surface area contributed by atoms with Crippen LogP contribution in [0.1, 0.15) is 11.1 Å². The molecule has 162 valence electrons. The van der Waals surface area contributed by atoms with Crippen LogP contribution in [0.15, 0.2) is 90.1 Å². The van der Waals surface area contributed by atoms with Crippen LogP contribution in [0, 0.1) is 5.82 Å². The Morgan fingerprint density at radius 2 is 1.53 bits per heavy atom. The van der Waals surface area contributed by atoms with Gasteiger partial charge in [-0.3, -0.25) is 9.36 Å². The first-order valence-corrected chi connectivity index (χ1v) is 11.3. The average molecular weight is 447 g/mol. The molecule has 3 aromatic carbocycles. The van der Waals surface area contributed by atoms with Crippen molar-refractivity contribution in [1.29, 1.82) is 0 Å². The van der Waals surface area contributed by atoms with E-state index in [4.69, 9.17) is 0 Å². The number of hydrogen-bond donors (Lipinski definition) is 1. The molecule has 0 unspecified atom stereocenters. The number of benzene rings is 3. The molecule has 0 bridgehead atoms. The average Bonchev–Trinajstić information content (AvgIpc) is 3.21. The van der Waals surface area contributed by atoms with Crippen molar-refractivity contribution >= 4 is 17.7 Å². The minimum atomic E-state index is -0.357. The molecular weight excluding hydrogens is 423 g/mol. The third kappa shape index (κ3) is 5.62. The van der Waals surface area contributed by atoms with Crippen LogP contribution in [-0.4, -0.2) is 33.0 Å². The number of aromatic nitrogens is 3. The third-order valence-corrected chi connectivity index (χ3v) is 5.89. The van der Waals surface area contributed by atoms with Gasteiger partial charge in [0.25, 0.3) is 0 Å². The molecule has 0 spiro atoms. The number of amides is 1. The third-order valence-electron chi connectivity index (χ3n) is 4.93. The molecule has 0 atom stereocenters. The van der Waals surface area contributed by atoms with Crippen molar-refractivity contribution in [2.24, 2.45) is 0 Å². The van der Waals surface area contributed by atoms with Gasteiger partial charge in [-0.05, 0) is 29.7 Å². The van der Waals surface area contributed by atoms with E-state index in [1.54, 1.807) is 18.2 Å². The molecule has 1 aromatic heterocycles. The molecule has 4 aromatic rings. The minimum absolute atomic E-state index is 0.0763. The normalized spacial score (nSPS) is 10.8. The molecule has 0 aliphatic heterocycles. The first-order valence-electron chi connectivity index (χ1n) is 10.4. The van der Waals surface area contributed by atoms with Crippen molar-refractivity contribution in [3.05, 3.63) is 102 Å². The van der Waals surface area contributed by atoms with Crippen molar-refractivity contribution < 1.29 is 9.18 Å². The van der Waals surface area contributed by atoms with E-state index in [1.807, 2.05) is 65.2 Å². The van der Waals surface area contributed by atoms with E-state index < -0.39 is 0 Å². The Labute approximate surface area is 190 Å². The van der Waals surface area contributed by atoms with Crippen LogP contribution >= 0.6 is 11.8 Å². The first kappa shape index (κ1) is 21.8. The summed E-state index contributed by atoms with van der Waals surface area (Å²) in [5.74, 6) is 0.218. The molecule has 1 heterocycles. The Balaban J connectivity index is 1.45. The van der Waals surface area contributed by atoms with Gasteiger partial charge in [-0.25, -0.2) is 4.39 Å². The van der Waals surface area contributed by atoms with E-state index in [1.165, 1.54) is 23.4 Å². The molecule has 0 aliphatic rings. The fourth-order valence-electron chi connectivity index (χ4n) is 3.32. The van der Waals surface area contributed by atoms with Crippen molar-refractivity contribution in [2.45, 2.75) is 18.1 Å². The highest BCUT2D eigenvalue weighted by atomic mass is 32.2. The number of carbonyl (C=O) groups excluding carboxylic acids is 1. The molecule has 0 fully saturated rings. The van der Waals surface area contributed by atoms with Crippen LogP contribution in [0.2, 0.25) is 0 Å². The second-order valence-electron chi connectivity index (χ2n) is 7.23. The van der Waals surface area contributed by atoms with Gasteiger partial charge in [0, 0.05) is 6.54 Å². The molecule has 0 radical (unpaired) electrons. The van der Waals surface area contributed by atoms with Crippen molar-refractivity contribution in [1.82, 2.24) is 20.1 Å². The maximum atomic E-state index is 14.4. The van der Waals surface area contributed by atoms with Crippen LogP contribution in [0.5, 0.6) is 0 Å². The number of halogens is 1. The lowest BCUT2D eigenvalue weighted by Gasteiger charge is -2.11. The SMILES string of the molecule is O=C(CSc1nnc(-c2ccccc2F)n1Cc1ccccc1)NCCc1ccccc1. The predicted octanol–water partition coefficient (Wildman–Crippen LogP) is 4.58. The van der Waals surface area contributed by atoms with Gasteiger partial charge in [0.05, 0.1) is 17.9 Å². The van der Waals surface area contributed by atoms with Gasteiger partial charge in [0.2, 0.25) is 5.91 Å². The molecule has 0 saturated heterocycles. The Kier molecular flexibility index (Phi) is 7.30. The number of rotatable bonds is 9. The topological polar surface area (TPSA) is 59.8 Å². The van der Waals surface area contributed by atoms with Crippen LogP contribution in [0.25, 0.3) is 11.4 Å². The molecule has 4 rings (SSSR count). The molecule has 32 heavy (non-hydrogen) atoms. The highest BCUT2D eigenvalue weighted by molar-refractivity contribution is 7.99. The Morgan fingerprint density at radius 1 is 0.875 bits per heavy atom. The van der Waals surface area contributed by atoms with Crippen molar-refractivity contribution in [3.63, 3.8) is 0 Å². The zero-order chi connectivity index (χ0) is 22.2. The van der Waals surface area contributed by atoms with Gasteiger partial charge >= 0.3 is 0 Å². The Bertz CT molecular complexity index is 1170. The number of hydrogen-bond acceptors (Lipinski definition) is 4. The van der Waals surface area contributed by atoms with E-state index >= 15 is 0 Å². The number of nitrogens with zero attached hydrogens (tertiary/aromatic N) is 3. The van der Waals surface area contributed by atoms with Gasteiger partial charge in [0.15, 0.2) is 11.0 Å². The van der Waals surface area contributed by atoms with Gasteiger partial charge in [0.1, 0.15) is 5.82 Å². The smallest absolute Gasteiger partial charge is 0.230 e. The number of carbonyl (C=O) groups is 1. The predicted molar refractivity (Wildman–Crippen MR) is 125 cm³/mol. The number of thioether (sulfide) groups is 1. The lowest BCUT2D eigenvalue weighted by molar-refractivity contribution is -0.118. The Hall–Kier alpha value is -3.45. The summed E-state index contributed by atoms with van der Waals surface area (Å²) in [6.07, 6.45) is 0.777. The maximum absolute atomic E-state index is 14.4. The molecule has 7 heteroatoms. The highest BCUT2D eigenvalue weighted by Gasteiger charge is 2.18. The second kappa shape index (κ2) is 10.7. The summed E-state index contributed by atoms with van der Waals surface area (Å²) in [7, 11) is 0. The van der Waals surface area contributed by atoms with E-state index in [9.17, 15) is 9.18 Å². The minimum Gasteiger partial charge on any atom is -0.355 e. The summed E-state index contributed by atoms with van der Waals surface area (Å²) in [6.45, 7) is 1.05. The van der Waals surface area contributed by atoms with E-state index in [0.29, 0.717) is 29.6 Å². The second-order valence-corrected chi connectivity index (χ2v) is 8.17. The van der Waals surface area contributed by atoms with Crippen LogP contribution in [0.3, 0.4) is 0 Å². The standard InChI is InChI=1S/C25H23FN4OS/c26-22-14-8-7-13-21(22)24-28-29-25(30(24)17-20-11-5-2-6-12-20)32-18-23(31)27-16-15-19-9-3-1-4-10-19/h1-14H,15-18H2,(H,27,31). The van der Waals surface area contributed by atoms with Crippen LogP contribution in [0.4, 0.5) is 4.39 Å². The Morgan fingerprint density at radius 3 is 2.25 bits per heavy atom. The van der Waals surface area contributed by atoms with Gasteiger partial charge < -0.3 is 5.32 Å². The number of nitrogens with one attached hydrogen (secondary N) is 1. The molecular formula is C25H23FN4OS. The van der Waals surface area contributed by atoms with E-state index in [0.717, 1.165) is 12.0 Å². The zero-order valence-corrected chi connectivity index (χ0v) is 18.3. The lowest BCUT2D eigenvalue weighted by Crippen LogP contribution is -2.27. The van der Waals surface area contributed by atoms with E-state index in [-0.39, 0.29) is 17.5 Å². The van der Waals surface area contributed by atoms with Crippen LogP contribution in [-0.2, 0) is 17.8 Å². The molecule has 0 saturated carbocycles. The van der Waals surface area contributed by atoms with Gasteiger partial charge in [-0.2, -0.15) is 0 Å². The van der Waals surface area contributed by atoms with Gasteiger partial charge in [-0.1, -0.05) is 84.6 Å². The summed E-state index contributed by atoms with van der Waals surface area (Å²) in [5, 5.41) is 12.0.